The van der Waals surface area contributed by atoms with Crippen molar-refractivity contribution in [1.82, 2.24) is 10.2 Å². The van der Waals surface area contributed by atoms with Gasteiger partial charge in [-0.05, 0) is 57.4 Å². The highest BCUT2D eigenvalue weighted by Gasteiger charge is 2.33. The summed E-state index contributed by atoms with van der Waals surface area (Å²) in [4.78, 5) is 28.4. The van der Waals surface area contributed by atoms with Gasteiger partial charge in [-0.15, -0.1) is 0 Å². The predicted octanol–water partition coefficient (Wildman–Crippen LogP) is 3.49. The molecule has 9 heteroatoms. The molecule has 0 unspecified atom stereocenters. The monoisotopic (exact) mass is 503 g/mol. The number of carbonyl (C=O) groups excluding carboxylic acids is 2. The van der Waals surface area contributed by atoms with Crippen LogP contribution in [0, 0.1) is 6.92 Å². The highest BCUT2D eigenvalue weighted by Crippen LogP contribution is 2.24. The van der Waals surface area contributed by atoms with E-state index in [-0.39, 0.29) is 12.5 Å². The normalized spacial score (nSPS) is 12.5. The van der Waals surface area contributed by atoms with Crippen LogP contribution in [0.4, 0.5) is 5.69 Å². The van der Waals surface area contributed by atoms with Gasteiger partial charge in [0.1, 0.15) is 18.3 Å². The second-order valence-corrected chi connectivity index (χ2v) is 11.5. The molecule has 8 nitrogen and oxygen atoms in total. The predicted molar refractivity (Wildman–Crippen MR) is 139 cm³/mol. The van der Waals surface area contributed by atoms with Crippen molar-refractivity contribution in [2.45, 2.75) is 59.2 Å². The van der Waals surface area contributed by atoms with Gasteiger partial charge in [0.2, 0.25) is 21.8 Å². The molecule has 0 bridgehead atoms. The zero-order valence-electron chi connectivity index (χ0n) is 21.7. The summed E-state index contributed by atoms with van der Waals surface area (Å²) in [6.45, 7) is 9.13. The molecule has 0 aromatic heterocycles. The number of hydrogen-bond acceptors (Lipinski definition) is 5. The van der Waals surface area contributed by atoms with Gasteiger partial charge in [0.15, 0.2) is 0 Å². The van der Waals surface area contributed by atoms with Crippen molar-refractivity contribution in [3.8, 4) is 5.75 Å². The molecular weight excluding hydrogens is 466 g/mol. The Morgan fingerprint density at radius 1 is 1.09 bits per heavy atom. The number of benzene rings is 2. The number of rotatable bonds is 10. The highest BCUT2D eigenvalue weighted by molar-refractivity contribution is 7.92. The van der Waals surface area contributed by atoms with Crippen molar-refractivity contribution in [3.05, 3.63) is 59.7 Å². The van der Waals surface area contributed by atoms with Crippen LogP contribution >= 0.6 is 0 Å². The van der Waals surface area contributed by atoms with E-state index in [1.54, 1.807) is 24.3 Å². The van der Waals surface area contributed by atoms with Crippen LogP contribution < -0.4 is 14.4 Å². The quantitative estimate of drug-likeness (QED) is 0.535. The Morgan fingerprint density at radius 2 is 1.74 bits per heavy atom. The fourth-order valence-electron chi connectivity index (χ4n) is 3.72. The molecular formula is C26H37N3O5S. The van der Waals surface area contributed by atoms with Crippen LogP contribution in [0.5, 0.6) is 5.75 Å². The van der Waals surface area contributed by atoms with Gasteiger partial charge in [-0.3, -0.25) is 13.9 Å². The molecule has 2 aromatic carbocycles. The Bertz CT molecular complexity index is 1140. The molecule has 0 aliphatic carbocycles. The fraction of sp³-hybridized carbons (Fsp3) is 0.462. The van der Waals surface area contributed by atoms with Gasteiger partial charge >= 0.3 is 0 Å². The molecule has 2 amide bonds. The van der Waals surface area contributed by atoms with Crippen LogP contribution in [0.2, 0.25) is 0 Å². The molecule has 1 N–H and O–H groups in total. The van der Waals surface area contributed by atoms with E-state index in [1.807, 2.05) is 58.9 Å². The molecule has 1 atom stereocenters. The number of nitrogens with one attached hydrogen (secondary N) is 1. The lowest BCUT2D eigenvalue weighted by atomic mass is 10.0. The number of hydrogen-bond donors (Lipinski definition) is 1. The van der Waals surface area contributed by atoms with E-state index in [0.717, 1.165) is 21.7 Å². The second kappa shape index (κ2) is 11.6. The molecule has 0 fully saturated rings. The average Bonchev–Trinajstić information content (AvgIpc) is 2.76. The van der Waals surface area contributed by atoms with Crippen molar-refractivity contribution in [2.24, 2.45) is 0 Å². The van der Waals surface area contributed by atoms with Crippen LogP contribution in [-0.2, 0) is 26.2 Å². The molecule has 0 aliphatic heterocycles. The van der Waals surface area contributed by atoms with Gasteiger partial charge in [-0.2, -0.15) is 0 Å². The summed E-state index contributed by atoms with van der Waals surface area (Å²) in [6, 6.07) is 13.4. The van der Waals surface area contributed by atoms with Crippen LogP contribution in [0.3, 0.4) is 0 Å². The summed E-state index contributed by atoms with van der Waals surface area (Å²) in [6.07, 6.45) is 1.42. The van der Waals surface area contributed by atoms with E-state index in [9.17, 15) is 18.0 Å². The third-order valence-electron chi connectivity index (χ3n) is 5.51. The fourth-order valence-corrected chi connectivity index (χ4v) is 4.56. The first-order valence-electron chi connectivity index (χ1n) is 11.5. The lowest BCUT2D eigenvalue weighted by Crippen LogP contribution is -2.55. The Labute approximate surface area is 209 Å². The standard InChI is InChI=1S/C26H37N3O5S/c1-8-23(25(31)27-26(3,4)5)28(17-20-13-10-9-12-19(20)2)24(30)18-29(35(7,32)33)21-14-11-15-22(16-21)34-6/h9-16,23H,8,17-18H2,1-7H3,(H,27,31)/t23-/m0/s1. The van der Waals surface area contributed by atoms with E-state index in [1.165, 1.54) is 12.0 Å². The minimum Gasteiger partial charge on any atom is -0.497 e. The number of ether oxygens (including phenoxy) is 1. The molecule has 0 spiro atoms. The number of anilines is 1. The maximum absolute atomic E-state index is 13.7. The van der Waals surface area contributed by atoms with E-state index >= 15 is 0 Å². The molecule has 0 saturated heterocycles. The number of methoxy groups -OCH3 is 1. The van der Waals surface area contributed by atoms with Crippen molar-refractivity contribution in [3.63, 3.8) is 0 Å². The van der Waals surface area contributed by atoms with Crippen LogP contribution in [-0.4, -0.2) is 56.6 Å². The third kappa shape index (κ3) is 7.99. The zero-order chi connectivity index (χ0) is 26.4. The number of sulfonamides is 1. The topological polar surface area (TPSA) is 96.0 Å². The van der Waals surface area contributed by atoms with E-state index in [2.05, 4.69) is 5.32 Å². The first-order valence-corrected chi connectivity index (χ1v) is 13.4. The van der Waals surface area contributed by atoms with Crippen molar-refractivity contribution in [2.75, 3.05) is 24.2 Å². The Hall–Kier alpha value is -3.07. The Balaban J connectivity index is 2.49. The lowest BCUT2D eigenvalue weighted by molar-refractivity contribution is -0.141. The number of nitrogens with zero attached hydrogens (tertiary/aromatic N) is 2. The molecule has 35 heavy (non-hydrogen) atoms. The highest BCUT2D eigenvalue weighted by atomic mass is 32.2. The largest absolute Gasteiger partial charge is 0.497 e. The van der Waals surface area contributed by atoms with E-state index < -0.39 is 34.1 Å². The summed E-state index contributed by atoms with van der Waals surface area (Å²) in [7, 11) is -2.32. The van der Waals surface area contributed by atoms with E-state index in [0.29, 0.717) is 17.9 Å². The zero-order valence-corrected chi connectivity index (χ0v) is 22.5. The second-order valence-electron chi connectivity index (χ2n) is 9.58. The first kappa shape index (κ1) is 28.2. The molecule has 0 heterocycles. The summed E-state index contributed by atoms with van der Waals surface area (Å²) in [5, 5.41) is 2.96. The van der Waals surface area contributed by atoms with Crippen LogP contribution in [0.15, 0.2) is 48.5 Å². The van der Waals surface area contributed by atoms with Crippen molar-refractivity contribution in [1.29, 1.82) is 0 Å². The van der Waals surface area contributed by atoms with Gasteiger partial charge in [0.05, 0.1) is 19.1 Å². The van der Waals surface area contributed by atoms with Gasteiger partial charge in [0, 0.05) is 18.2 Å². The molecule has 192 valence electrons. The van der Waals surface area contributed by atoms with Gasteiger partial charge in [-0.1, -0.05) is 37.3 Å². The minimum absolute atomic E-state index is 0.178. The van der Waals surface area contributed by atoms with Gasteiger partial charge < -0.3 is 15.0 Å². The number of aryl methyl sites for hydroxylation is 1. The van der Waals surface area contributed by atoms with Crippen molar-refractivity contribution >= 4 is 27.5 Å². The SMILES string of the molecule is CC[C@@H](C(=O)NC(C)(C)C)N(Cc1ccccc1C)C(=O)CN(c1cccc(OC)c1)S(C)(=O)=O. The average molecular weight is 504 g/mol. The Kier molecular flexibility index (Phi) is 9.31. The van der Waals surface area contributed by atoms with Gasteiger partial charge in [-0.25, -0.2) is 8.42 Å². The molecule has 0 aliphatic rings. The minimum atomic E-state index is -3.80. The summed E-state index contributed by atoms with van der Waals surface area (Å²) in [5.74, 6) is -0.289. The smallest absolute Gasteiger partial charge is 0.244 e. The van der Waals surface area contributed by atoms with Crippen LogP contribution in [0.25, 0.3) is 0 Å². The summed E-state index contributed by atoms with van der Waals surface area (Å²) >= 11 is 0. The maximum atomic E-state index is 13.7. The summed E-state index contributed by atoms with van der Waals surface area (Å²) in [5.41, 5.74) is 1.68. The first-order chi connectivity index (χ1) is 16.3. The Morgan fingerprint density at radius 3 is 2.29 bits per heavy atom. The van der Waals surface area contributed by atoms with E-state index in [4.69, 9.17) is 4.74 Å². The molecule has 2 rings (SSSR count). The molecule has 0 radical (unpaired) electrons. The summed E-state index contributed by atoms with van der Waals surface area (Å²) < 4.78 is 31.7. The third-order valence-corrected chi connectivity index (χ3v) is 6.65. The van der Waals surface area contributed by atoms with Crippen molar-refractivity contribution < 1.29 is 22.7 Å². The molecule has 2 aromatic rings. The lowest BCUT2D eigenvalue weighted by Gasteiger charge is -2.34. The maximum Gasteiger partial charge on any atom is 0.244 e. The van der Waals surface area contributed by atoms with Gasteiger partial charge in [0.25, 0.3) is 0 Å². The number of carbonyl (C=O) groups is 2. The molecule has 0 saturated carbocycles. The number of amides is 2. The van der Waals surface area contributed by atoms with Crippen LogP contribution in [0.1, 0.15) is 45.2 Å².